The molecule has 9 heteroatoms. The van der Waals surface area contributed by atoms with E-state index in [4.69, 9.17) is 0 Å². The van der Waals surface area contributed by atoms with Crippen LogP contribution in [0.4, 0.5) is 13.2 Å². The van der Waals surface area contributed by atoms with Crippen molar-refractivity contribution >= 4 is 15.8 Å². The van der Waals surface area contributed by atoms with Gasteiger partial charge in [-0.05, 0) is 30.0 Å². The summed E-state index contributed by atoms with van der Waals surface area (Å²) in [5, 5.41) is 5.95. The maximum Gasteiger partial charge on any atom is 0.416 e. The minimum absolute atomic E-state index is 0.0297. The molecule has 0 amide bonds. The predicted molar refractivity (Wildman–Crippen MR) is 86.4 cm³/mol. The van der Waals surface area contributed by atoms with E-state index in [0.717, 1.165) is 12.1 Å². The molecule has 1 aliphatic heterocycles. The molecule has 1 heterocycles. The molecule has 0 radical (unpaired) electrons. The third-order valence-electron chi connectivity index (χ3n) is 3.82. The van der Waals surface area contributed by atoms with Gasteiger partial charge in [0.2, 0.25) is 0 Å². The van der Waals surface area contributed by atoms with Crippen LogP contribution in [-0.4, -0.2) is 39.5 Å². The van der Waals surface area contributed by atoms with Gasteiger partial charge < -0.3 is 10.6 Å². The minimum Gasteiger partial charge on any atom is -0.356 e. The molecule has 1 aromatic carbocycles. The fourth-order valence-corrected chi connectivity index (χ4v) is 4.40. The van der Waals surface area contributed by atoms with Crippen molar-refractivity contribution in [1.29, 1.82) is 0 Å². The lowest BCUT2D eigenvalue weighted by atomic mass is 10.1. The zero-order valence-electron chi connectivity index (χ0n) is 13.2. The van der Waals surface area contributed by atoms with E-state index in [1.54, 1.807) is 13.1 Å². The van der Waals surface area contributed by atoms with Crippen LogP contribution in [0.1, 0.15) is 17.5 Å². The van der Waals surface area contributed by atoms with E-state index in [9.17, 15) is 21.6 Å². The molecular weight excluding hydrogens is 343 g/mol. The standard InChI is InChI=1S/C15H20F3N3O2S/c1-19-14(21-9-12-5-6-24(22,23)10-12)20-8-11-3-2-4-13(7-11)15(16,17)18/h2-4,7,12H,5-6,8-10H2,1H3,(H2,19,20,21). The van der Waals surface area contributed by atoms with Crippen molar-refractivity contribution in [2.75, 3.05) is 25.1 Å². The molecule has 0 bridgehead atoms. The molecule has 1 atom stereocenters. The molecule has 24 heavy (non-hydrogen) atoms. The maximum absolute atomic E-state index is 12.7. The molecule has 2 N–H and O–H groups in total. The molecule has 0 aromatic heterocycles. The Hall–Kier alpha value is -1.77. The van der Waals surface area contributed by atoms with Gasteiger partial charge in [0.05, 0.1) is 17.1 Å². The highest BCUT2D eigenvalue weighted by Crippen LogP contribution is 2.29. The third kappa shape index (κ3) is 5.40. The van der Waals surface area contributed by atoms with Crippen molar-refractivity contribution in [3.8, 4) is 0 Å². The van der Waals surface area contributed by atoms with Gasteiger partial charge in [0.1, 0.15) is 0 Å². The number of hydrogen-bond donors (Lipinski definition) is 2. The van der Waals surface area contributed by atoms with Gasteiger partial charge in [0.25, 0.3) is 0 Å². The number of guanidine groups is 1. The molecule has 1 aromatic rings. The number of halogens is 3. The summed E-state index contributed by atoms with van der Waals surface area (Å²) in [7, 11) is -1.38. The summed E-state index contributed by atoms with van der Waals surface area (Å²) in [6.45, 7) is 0.647. The summed E-state index contributed by atoms with van der Waals surface area (Å²) in [4.78, 5) is 3.99. The smallest absolute Gasteiger partial charge is 0.356 e. The molecule has 1 fully saturated rings. The highest BCUT2D eigenvalue weighted by atomic mass is 32.2. The van der Waals surface area contributed by atoms with Crippen molar-refractivity contribution in [1.82, 2.24) is 10.6 Å². The van der Waals surface area contributed by atoms with Gasteiger partial charge in [0, 0.05) is 20.1 Å². The first kappa shape index (κ1) is 18.6. The molecule has 134 valence electrons. The van der Waals surface area contributed by atoms with E-state index >= 15 is 0 Å². The van der Waals surface area contributed by atoms with Crippen molar-refractivity contribution < 1.29 is 21.6 Å². The molecular formula is C15H20F3N3O2S. The topological polar surface area (TPSA) is 70.6 Å². The number of nitrogens with zero attached hydrogens (tertiary/aromatic N) is 1. The zero-order valence-corrected chi connectivity index (χ0v) is 14.0. The molecule has 1 aliphatic rings. The Labute approximate surface area is 139 Å². The lowest BCUT2D eigenvalue weighted by Gasteiger charge is -2.15. The van der Waals surface area contributed by atoms with Crippen LogP contribution >= 0.6 is 0 Å². The summed E-state index contributed by atoms with van der Waals surface area (Å²) in [6, 6.07) is 5.07. The van der Waals surface area contributed by atoms with Crippen LogP contribution in [0.2, 0.25) is 0 Å². The molecule has 2 rings (SSSR count). The molecule has 0 spiro atoms. The summed E-state index contributed by atoms with van der Waals surface area (Å²) < 4.78 is 60.9. The number of hydrogen-bond acceptors (Lipinski definition) is 3. The van der Waals surface area contributed by atoms with Crippen molar-refractivity contribution in [2.24, 2.45) is 10.9 Å². The van der Waals surface area contributed by atoms with Gasteiger partial charge in [-0.25, -0.2) is 8.42 Å². The lowest BCUT2D eigenvalue weighted by molar-refractivity contribution is -0.137. The van der Waals surface area contributed by atoms with Gasteiger partial charge in [-0.3, -0.25) is 4.99 Å². The van der Waals surface area contributed by atoms with Crippen LogP contribution in [0.25, 0.3) is 0 Å². The summed E-state index contributed by atoms with van der Waals surface area (Å²) in [5.74, 6) is 0.819. The van der Waals surface area contributed by atoms with Crippen LogP contribution in [-0.2, 0) is 22.6 Å². The fraction of sp³-hybridized carbons (Fsp3) is 0.533. The zero-order chi connectivity index (χ0) is 17.8. The first-order chi connectivity index (χ1) is 11.2. The van der Waals surface area contributed by atoms with Gasteiger partial charge in [-0.15, -0.1) is 0 Å². The Bertz CT molecular complexity index is 702. The Kier molecular flexibility index (Phi) is 5.74. The molecule has 1 saturated heterocycles. The van der Waals surface area contributed by atoms with Crippen LogP contribution in [0, 0.1) is 5.92 Å². The highest BCUT2D eigenvalue weighted by Gasteiger charge is 2.30. The van der Waals surface area contributed by atoms with E-state index in [-0.39, 0.29) is 24.0 Å². The number of alkyl halides is 3. The summed E-state index contributed by atoms with van der Waals surface area (Å²) >= 11 is 0. The Morgan fingerprint density at radius 2 is 2.08 bits per heavy atom. The highest BCUT2D eigenvalue weighted by molar-refractivity contribution is 7.91. The number of benzene rings is 1. The monoisotopic (exact) mass is 363 g/mol. The SMILES string of the molecule is CN=C(NCc1cccc(C(F)(F)F)c1)NCC1CCS(=O)(=O)C1. The van der Waals surface area contributed by atoms with E-state index in [1.165, 1.54) is 6.07 Å². The second-order valence-corrected chi connectivity index (χ2v) is 8.00. The third-order valence-corrected chi connectivity index (χ3v) is 5.66. The van der Waals surface area contributed by atoms with Crippen LogP contribution in [0.5, 0.6) is 0 Å². The van der Waals surface area contributed by atoms with Crippen LogP contribution < -0.4 is 10.6 Å². The first-order valence-corrected chi connectivity index (χ1v) is 9.33. The van der Waals surface area contributed by atoms with E-state index in [1.807, 2.05) is 0 Å². The number of sulfone groups is 1. The Balaban J connectivity index is 1.86. The maximum atomic E-state index is 12.7. The largest absolute Gasteiger partial charge is 0.416 e. The summed E-state index contributed by atoms with van der Waals surface area (Å²) in [5.41, 5.74) is -0.211. The molecule has 0 aliphatic carbocycles. The van der Waals surface area contributed by atoms with Crippen molar-refractivity contribution in [2.45, 2.75) is 19.1 Å². The van der Waals surface area contributed by atoms with E-state index in [2.05, 4.69) is 15.6 Å². The summed E-state index contributed by atoms with van der Waals surface area (Å²) in [6.07, 6.45) is -3.76. The predicted octanol–water partition coefficient (Wildman–Crippen LogP) is 1.81. The average Bonchev–Trinajstić information content (AvgIpc) is 2.86. The lowest BCUT2D eigenvalue weighted by Crippen LogP contribution is -2.39. The quantitative estimate of drug-likeness (QED) is 0.632. The van der Waals surface area contributed by atoms with E-state index in [0.29, 0.717) is 24.5 Å². The fourth-order valence-electron chi connectivity index (χ4n) is 2.54. The van der Waals surface area contributed by atoms with E-state index < -0.39 is 21.6 Å². The van der Waals surface area contributed by atoms with Crippen LogP contribution in [0.15, 0.2) is 29.3 Å². The number of rotatable bonds is 4. The normalized spacial score (nSPS) is 20.8. The second kappa shape index (κ2) is 7.42. The molecule has 1 unspecified atom stereocenters. The number of nitrogens with one attached hydrogen (secondary N) is 2. The molecule has 5 nitrogen and oxygen atoms in total. The van der Waals surface area contributed by atoms with Crippen molar-refractivity contribution in [3.05, 3.63) is 35.4 Å². The van der Waals surface area contributed by atoms with Gasteiger partial charge in [0.15, 0.2) is 15.8 Å². The minimum atomic E-state index is -4.37. The number of aliphatic imine (C=N–C) groups is 1. The van der Waals surface area contributed by atoms with Gasteiger partial charge >= 0.3 is 6.18 Å². The Morgan fingerprint density at radius 1 is 1.33 bits per heavy atom. The van der Waals surface area contributed by atoms with Crippen LogP contribution in [0.3, 0.4) is 0 Å². The van der Waals surface area contributed by atoms with Crippen molar-refractivity contribution in [3.63, 3.8) is 0 Å². The second-order valence-electron chi connectivity index (χ2n) is 5.77. The van der Waals surface area contributed by atoms with Gasteiger partial charge in [-0.2, -0.15) is 13.2 Å². The molecule has 0 saturated carbocycles. The Morgan fingerprint density at radius 3 is 2.67 bits per heavy atom. The first-order valence-electron chi connectivity index (χ1n) is 7.51. The van der Waals surface area contributed by atoms with Gasteiger partial charge in [-0.1, -0.05) is 12.1 Å². The average molecular weight is 363 g/mol.